The molecular formula is C27H24ClN7O. The lowest BCUT2D eigenvalue weighted by Crippen LogP contribution is -2.07. The molecule has 6 rings (SSSR count). The van der Waals surface area contributed by atoms with Gasteiger partial charge in [0.15, 0.2) is 5.65 Å². The van der Waals surface area contributed by atoms with E-state index in [-0.39, 0.29) is 0 Å². The van der Waals surface area contributed by atoms with E-state index in [1.165, 1.54) is 0 Å². The lowest BCUT2D eigenvalue weighted by molar-refractivity contribution is 0.307. The molecule has 9 heteroatoms. The van der Waals surface area contributed by atoms with Crippen molar-refractivity contribution in [1.82, 2.24) is 35.2 Å². The van der Waals surface area contributed by atoms with Gasteiger partial charge in [-0.15, -0.1) is 10.2 Å². The molecule has 0 atom stereocenters. The molecule has 8 nitrogen and oxygen atoms in total. The molecule has 1 N–H and O–H groups in total. The van der Waals surface area contributed by atoms with Crippen molar-refractivity contribution in [3.05, 3.63) is 93.2 Å². The predicted molar refractivity (Wildman–Crippen MR) is 139 cm³/mol. The smallest absolute Gasteiger partial charge is 0.201 e. The van der Waals surface area contributed by atoms with Crippen molar-refractivity contribution in [2.45, 2.75) is 40.3 Å². The fraction of sp³-hybridized carbons (Fsp3) is 0.222. The number of benzene rings is 2. The van der Waals surface area contributed by atoms with Crippen molar-refractivity contribution in [2.75, 3.05) is 0 Å². The van der Waals surface area contributed by atoms with Crippen LogP contribution in [0.1, 0.15) is 53.4 Å². The van der Waals surface area contributed by atoms with Crippen LogP contribution in [0.3, 0.4) is 0 Å². The number of allylic oxidation sites excluding steroid dienone is 1. The molecule has 0 unspecified atom stereocenters. The van der Waals surface area contributed by atoms with E-state index in [0.717, 1.165) is 68.3 Å². The third-order valence-electron chi connectivity index (χ3n) is 6.56. The Hall–Kier alpha value is -4.04. The second-order valence-electron chi connectivity index (χ2n) is 8.90. The monoisotopic (exact) mass is 497 g/mol. The molecule has 0 saturated carbocycles. The van der Waals surface area contributed by atoms with Crippen LogP contribution >= 0.6 is 11.6 Å². The Morgan fingerprint density at radius 3 is 2.78 bits per heavy atom. The van der Waals surface area contributed by atoms with Gasteiger partial charge in [-0.1, -0.05) is 48.9 Å². The number of halogens is 1. The highest BCUT2D eigenvalue weighted by Gasteiger charge is 2.23. The van der Waals surface area contributed by atoms with Crippen LogP contribution in [0.4, 0.5) is 0 Å². The summed E-state index contributed by atoms with van der Waals surface area (Å²) in [6.07, 6.45) is 0.784. The van der Waals surface area contributed by atoms with Gasteiger partial charge in [0.25, 0.3) is 0 Å². The maximum absolute atomic E-state index is 6.50. The van der Waals surface area contributed by atoms with Gasteiger partial charge in [-0.25, -0.2) is 9.97 Å². The Balaban J connectivity index is 1.48. The first kappa shape index (κ1) is 22.4. The first-order chi connectivity index (χ1) is 17.5. The molecule has 0 aliphatic carbocycles. The number of tetrazole rings is 1. The average molecular weight is 498 g/mol. The molecule has 4 heterocycles. The highest BCUT2D eigenvalue weighted by Crippen LogP contribution is 2.40. The molecule has 1 aliphatic heterocycles. The van der Waals surface area contributed by atoms with Crippen molar-refractivity contribution in [1.29, 1.82) is 0 Å². The van der Waals surface area contributed by atoms with E-state index in [9.17, 15) is 0 Å². The fourth-order valence-electron chi connectivity index (χ4n) is 4.88. The number of aromatic nitrogens is 7. The largest absolute Gasteiger partial charge is 0.488 e. The minimum atomic E-state index is 0.456. The Kier molecular flexibility index (Phi) is 5.53. The van der Waals surface area contributed by atoms with Crippen molar-refractivity contribution in [3.63, 3.8) is 0 Å². The molecule has 5 aromatic rings. The summed E-state index contributed by atoms with van der Waals surface area (Å²) in [7, 11) is 0. The average Bonchev–Trinajstić information content (AvgIpc) is 3.50. The van der Waals surface area contributed by atoms with Gasteiger partial charge in [0.2, 0.25) is 5.82 Å². The molecule has 0 radical (unpaired) electrons. The van der Waals surface area contributed by atoms with Gasteiger partial charge in [0.1, 0.15) is 23.7 Å². The molecule has 0 amide bonds. The van der Waals surface area contributed by atoms with Crippen LogP contribution in [0.15, 0.2) is 48.5 Å². The zero-order chi connectivity index (χ0) is 24.8. The summed E-state index contributed by atoms with van der Waals surface area (Å²) < 4.78 is 8.42. The van der Waals surface area contributed by atoms with Crippen LogP contribution in [-0.4, -0.2) is 35.2 Å². The van der Waals surface area contributed by atoms with Crippen LogP contribution < -0.4 is 4.74 Å². The number of rotatable bonds is 4. The number of hydrogen-bond donors (Lipinski definition) is 1. The first-order valence-corrected chi connectivity index (χ1v) is 12.2. The number of imidazole rings is 1. The summed E-state index contributed by atoms with van der Waals surface area (Å²) >= 11 is 6.50. The molecule has 36 heavy (non-hydrogen) atoms. The number of ether oxygens (including phenoxy) is 1. The predicted octanol–water partition coefficient (Wildman–Crippen LogP) is 5.39. The van der Waals surface area contributed by atoms with E-state index in [2.05, 4.69) is 56.4 Å². The summed E-state index contributed by atoms with van der Waals surface area (Å²) in [4.78, 5) is 9.53. The van der Waals surface area contributed by atoms with Gasteiger partial charge in [0.05, 0.1) is 11.6 Å². The topological polar surface area (TPSA) is 94.4 Å². The van der Waals surface area contributed by atoms with Crippen LogP contribution in [0.2, 0.25) is 5.02 Å². The van der Waals surface area contributed by atoms with Gasteiger partial charge < -0.3 is 9.30 Å². The Bertz CT molecular complexity index is 1640. The molecule has 180 valence electrons. The number of aromatic amines is 1. The third-order valence-corrected chi connectivity index (χ3v) is 6.84. The number of aryl methyl sites for hydroxylation is 2. The van der Waals surface area contributed by atoms with E-state index >= 15 is 0 Å². The maximum atomic E-state index is 6.50. The standard InChI is InChI=1S/C27H24ClN7O/c1-4-23-30-25-21(28)11-15(2)29-27(25)35(23)13-17-9-10-19-18(12-17)14-36-22-8-6-5-7-20(22)24(19)16(3)26-31-33-34-32-26/h5-12H,4,13-14H2,1-3H3,(H,31,32,33,34)/b24-16-. The third kappa shape index (κ3) is 3.74. The highest BCUT2D eigenvalue weighted by atomic mass is 35.5. The number of para-hydroxylation sites is 1. The number of hydrogen-bond acceptors (Lipinski definition) is 6. The number of fused-ring (bicyclic) bond motifs is 3. The molecule has 0 saturated heterocycles. The van der Waals surface area contributed by atoms with E-state index in [0.29, 0.717) is 24.0 Å². The number of pyridine rings is 1. The van der Waals surface area contributed by atoms with Crippen molar-refractivity contribution in [2.24, 2.45) is 0 Å². The SMILES string of the molecule is CCc1nc2c(Cl)cc(C)nc2n1Cc1ccc2c(c1)COc1ccccc1/C2=C(/C)c1nn[nH]n1. The molecule has 0 bridgehead atoms. The maximum Gasteiger partial charge on any atom is 0.201 e. The molecule has 2 aromatic carbocycles. The Morgan fingerprint density at radius 2 is 1.97 bits per heavy atom. The molecule has 0 spiro atoms. The molecule has 3 aromatic heterocycles. The van der Waals surface area contributed by atoms with Crippen LogP contribution in [0.5, 0.6) is 5.75 Å². The lowest BCUT2D eigenvalue weighted by atomic mass is 9.89. The summed E-state index contributed by atoms with van der Waals surface area (Å²) in [5, 5.41) is 15.4. The normalized spacial score (nSPS) is 14.2. The second kappa shape index (κ2) is 8.87. The van der Waals surface area contributed by atoms with Crippen LogP contribution in [0, 0.1) is 6.92 Å². The highest BCUT2D eigenvalue weighted by molar-refractivity contribution is 6.34. The molecule has 1 aliphatic rings. The van der Waals surface area contributed by atoms with Crippen LogP contribution in [0.25, 0.3) is 22.3 Å². The summed E-state index contributed by atoms with van der Waals surface area (Å²) in [5.74, 6) is 2.35. The number of nitrogens with zero attached hydrogens (tertiary/aromatic N) is 6. The zero-order valence-electron chi connectivity index (χ0n) is 20.2. The number of H-pyrrole nitrogens is 1. The Morgan fingerprint density at radius 1 is 1.11 bits per heavy atom. The summed E-state index contributed by atoms with van der Waals surface area (Å²) in [5.41, 5.74) is 8.72. The molecular weight excluding hydrogens is 474 g/mol. The quantitative estimate of drug-likeness (QED) is 0.358. The minimum Gasteiger partial charge on any atom is -0.488 e. The van der Waals surface area contributed by atoms with Gasteiger partial charge in [0, 0.05) is 23.3 Å². The van der Waals surface area contributed by atoms with Gasteiger partial charge in [-0.2, -0.15) is 5.21 Å². The first-order valence-electron chi connectivity index (χ1n) is 11.8. The van der Waals surface area contributed by atoms with E-state index < -0.39 is 0 Å². The number of nitrogens with one attached hydrogen (secondary N) is 1. The zero-order valence-corrected chi connectivity index (χ0v) is 21.0. The molecule has 0 fully saturated rings. The van der Waals surface area contributed by atoms with Gasteiger partial charge >= 0.3 is 0 Å². The lowest BCUT2D eigenvalue weighted by Gasteiger charge is -2.15. The fourth-order valence-corrected chi connectivity index (χ4v) is 5.16. The van der Waals surface area contributed by atoms with E-state index in [1.807, 2.05) is 38.1 Å². The van der Waals surface area contributed by atoms with Gasteiger partial charge in [-0.3, -0.25) is 0 Å². The Labute approximate surface area is 213 Å². The second-order valence-corrected chi connectivity index (χ2v) is 9.30. The summed E-state index contributed by atoms with van der Waals surface area (Å²) in [6, 6.07) is 16.4. The van der Waals surface area contributed by atoms with E-state index in [1.54, 1.807) is 0 Å². The summed E-state index contributed by atoms with van der Waals surface area (Å²) in [6.45, 7) is 7.15. The minimum absolute atomic E-state index is 0.456. The van der Waals surface area contributed by atoms with Crippen molar-refractivity contribution >= 4 is 33.9 Å². The van der Waals surface area contributed by atoms with Crippen molar-refractivity contribution in [3.8, 4) is 5.75 Å². The van der Waals surface area contributed by atoms with Crippen molar-refractivity contribution < 1.29 is 4.74 Å². The van der Waals surface area contributed by atoms with E-state index in [4.69, 9.17) is 26.3 Å². The van der Waals surface area contributed by atoms with Crippen LogP contribution in [-0.2, 0) is 19.6 Å². The van der Waals surface area contributed by atoms with Gasteiger partial charge in [-0.05, 0) is 59.5 Å².